The fourth-order valence-corrected chi connectivity index (χ4v) is 5.19. The molecule has 2 aliphatic carbocycles. The van der Waals surface area contributed by atoms with Crippen molar-refractivity contribution in [3.8, 4) is 5.82 Å². The predicted molar refractivity (Wildman–Crippen MR) is 126 cm³/mol. The van der Waals surface area contributed by atoms with Crippen molar-refractivity contribution in [3.05, 3.63) is 58.1 Å². The summed E-state index contributed by atoms with van der Waals surface area (Å²) in [4.78, 5) is 21.7. The molecule has 1 spiro atoms. The van der Waals surface area contributed by atoms with Gasteiger partial charge in [-0.15, -0.1) is 0 Å². The second kappa shape index (κ2) is 7.42. The molecule has 3 aliphatic rings. The zero-order valence-electron chi connectivity index (χ0n) is 19.2. The van der Waals surface area contributed by atoms with Gasteiger partial charge in [0.05, 0.1) is 6.04 Å². The molecule has 12 heteroatoms. The maximum atomic E-state index is 13.4. The average Bonchev–Trinajstić information content (AvgIpc) is 3.76. The Kier molecular flexibility index (Phi) is 4.45. The normalized spacial score (nSPS) is 18.5. The maximum absolute atomic E-state index is 13.4. The summed E-state index contributed by atoms with van der Waals surface area (Å²) < 4.78 is 43.7. The summed E-state index contributed by atoms with van der Waals surface area (Å²) in [6.07, 6.45) is 3.52. The van der Waals surface area contributed by atoms with Crippen LogP contribution < -0.4 is 16.2 Å². The number of hydrogen-bond donors (Lipinski definition) is 2. The molecule has 0 amide bonds. The zero-order chi connectivity index (χ0) is 24.7. The van der Waals surface area contributed by atoms with Gasteiger partial charge in [0.15, 0.2) is 11.5 Å². The van der Waals surface area contributed by atoms with Crippen molar-refractivity contribution in [1.29, 1.82) is 0 Å². The van der Waals surface area contributed by atoms with Crippen molar-refractivity contribution in [1.82, 2.24) is 34.4 Å². The number of nitrogens with zero attached hydrogens (tertiary/aromatic N) is 6. The number of nitrogens with one attached hydrogen (secondary N) is 2. The van der Waals surface area contributed by atoms with Gasteiger partial charge < -0.3 is 10.6 Å². The lowest BCUT2D eigenvalue weighted by molar-refractivity contribution is -0.144. The van der Waals surface area contributed by atoms with Crippen LogP contribution in [0.25, 0.3) is 16.9 Å². The van der Waals surface area contributed by atoms with Crippen LogP contribution in [0.4, 0.5) is 24.8 Å². The summed E-state index contributed by atoms with van der Waals surface area (Å²) in [5.41, 5.74) is 2.74. The van der Waals surface area contributed by atoms with Crippen LogP contribution in [-0.4, -0.2) is 41.8 Å². The molecule has 36 heavy (non-hydrogen) atoms. The van der Waals surface area contributed by atoms with Crippen LogP contribution in [0.1, 0.15) is 42.9 Å². The van der Waals surface area contributed by atoms with Crippen molar-refractivity contribution < 1.29 is 13.2 Å². The predicted octanol–water partition coefficient (Wildman–Crippen LogP) is 3.55. The first kappa shape index (κ1) is 21.6. The monoisotopic (exact) mass is 496 g/mol. The number of hydrogen-bond acceptors (Lipinski definition) is 6. The highest BCUT2D eigenvalue weighted by Crippen LogP contribution is 2.49. The van der Waals surface area contributed by atoms with Gasteiger partial charge >= 0.3 is 6.18 Å². The number of fused-ring (bicyclic) bond motifs is 3. The fourth-order valence-electron chi connectivity index (χ4n) is 5.19. The number of aromatic nitrogens is 6. The van der Waals surface area contributed by atoms with Gasteiger partial charge in [-0.2, -0.15) is 23.3 Å². The SMILES string of the molecule is O=c1c2cnc(Nc3ccc4c(c3)CCNC43CC3)nc2n(-c2ccn(C3CC3)n2)n1CC(F)(F)F. The minimum Gasteiger partial charge on any atom is -0.324 e. The van der Waals surface area contributed by atoms with E-state index in [1.807, 2.05) is 6.07 Å². The Labute approximate surface area is 202 Å². The van der Waals surface area contributed by atoms with Gasteiger partial charge in [0, 0.05) is 36.2 Å². The molecule has 186 valence electrons. The van der Waals surface area contributed by atoms with Gasteiger partial charge in [0.2, 0.25) is 5.95 Å². The molecule has 2 fully saturated rings. The van der Waals surface area contributed by atoms with Crippen LogP contribution >= 0.6 is 0 Å². The lowest BCUT2D eigenvalue weighted by Gasteiger charge is -2.27. The third-order valence-corrected chi connectivity index (χ3v) is 7.22. The minimum atomic E-state index is -4.60. The summed E-state index contributed by atoms with van der Waals surface area (Å²) >= 11 is 0. The van der Waals surface area contributed by atoms with Crippen LogP contribution in [0.2, 0.25) is 0 Å². The third kappa shape index (κ3) is 3.58. The van der Waals surface area contributed by atoms with Gasteiger partial charge in [-0.3, -0.25) is 9.48 Å². The van der Waals surface area contributed by atoms with Crippen LogP contribution in [0.15, 0.2) is 41.5 Å². The molecule has 1 aromatic carbocycles. The van der Waals surface area contributed by atoms with Crippen molar-refractivity contribution in [2.75, 3.05) is 11.9 Å². The molecular weight excluding hydrogens is 473 g/mol. The molecule has 4 heterocycles. The summed E-state index contributed by atoms with van der Waals surface area (Å²) in [6.45, 7) is -0.534. The van der Waals surface area contributed by atoms with Crippen molar-refractivity contribution in [2.24, 2.45) is 0 Å². The van der Waals surface area contributed by atoms with Crippen LogP contribution in [0.3, 0.4) is 0 Å². The Hall–Kier alpha value is -3.67. The van der Waals surface area contributed by atoms with E-state index in [9.17, 15) is 18.0 Å². The molecule has 0 radical (unpaired) electrons. The Morgan fingerprint density at radius 1 is 1.19 bits per heavy atom. The van der Waals surface area contributed by atoms with Crippen LogP contribution in [0.5, 0.6) is 0 Å². The Balaban J connectivity index is 1.30. The molecule has 2 saturated carbocycles. The second-order valence-electron chi connectivity index (χ2n) is 9.86. The summed E-state index contributed by atoms with van der Waals surface area (Å²) in [5, 5.41) is 11.2. The van der Waals surface area contributed by atoms with Crippen molar-refractivity contribution in [2.45, 2.75) is 56.4 Å². The highest BCUT2D eigenvalue weighted by atomic mass is 19.4. The van der Waals surface area contributed by atoms with Gasteiger partial charge in [0.1, 0.15) is 11.9 Å². The van der Waals surface area contributed by atoms with E-state index in [1.54, 1.807) is 16.9 Å². The highest BCUT2D eigenvalue weighted by molar-refractivity contribution is 5.77. The smallest absolute Gasteiger partial charge is 0.324 e. The first-order valence-corrected chi connectivity index (χ1v) is 12.1. The largest absolute Gasteiger partial charge is 0.408 e. The highest BCUT2D eigenvalue weighted by Gasteiger charge is 2.46. The van der Waals surface area contributed by atoms with E-state index >= 15 is 0 Å². The fraction of sp³-hybridized carbons (Fsp3) is 0.417. The number of halogens is 3. The lowest BCUT2D eigenvalue weighted by atomic mass is 9.92. The van der Waals surface area contributed by atoms with Crippen molar-refractivity contribution >= 4 is 22.7 Å². The van der Waals surface area contributed by atoms with E-state index in [0.29, 0.717) is 4.68 Å². The molecule has 9 nitrogen and oxygen atoms in total. The zero-order valence-corrected chi connectivity index (χ0v) is 19.2. The second-order valence-corrected chi connectivity index (χ2v) is 9.86. The average molecular weight is 496 g/mol. The lowest BCUT2D eigenvalue weighted by Crippen LogP contribution is -2.36. The number of rotatable bonds is 5. The number of alkyl halides is 3. The molecule has 0 unspecified atom stereocenters. The molecule has 0 atom stereocenters. The molecule has 0 bridgehead atoms. The molecule has 2 N–H and O–H groups in total. The van der Waals surface area contributed by atoms with Gasteiger partial charge in [0.25, 0.3) is 5.56 Å². The maximum Gasteiger partial charge on any atom is 0.408 e. The molecule has 4 aromatic rings. The van der Waals surface area contributed by atoms with E-state index in [1.165, 1.54) is 17.3 Å². The van der Waals surface area contributed by atoms with Crippen LogP contribution in [-0.2, 0) is 18.5 Å². The molecule has 1 aliphatic heterocycles. The summed E-state index contributed by atoms with van der Waals surface area (Å²) in [6, 6.07) is 7.98. The van der Waals surface area contributed by atoms with Crippen molar-refractivity contribution in [3.63, 3.8) is 0 Å². The molecule has 7 rings (SSSR count). The van der Waals surface area contributed by atoms with E-state index in [0.717, 1.165) is 49.0 Å². The Morgan fingerprint density at radius 2 is 2.03 bits per heavy atom. The van der Waals surface area contributed by atoms with E-state index in [4.69, 9.17) is 0 Å². The molecular formula is C24H23F3N8O. The third-order valence-electron chi connectivity index (χ3n) is 7.22. The quantitative estimate of drug-likeness (QED) is 0.439. The van der Waals surface area contributed by atoms with Gasteiger partial charge in [-0.25, -0.2) is 14.3 Å². The summed E-state index contributed by atoms with van der Waals surface area (Å²) in [7, 11) is 0. The summed E-state index contributed by atoms with van der Waals surface area (Å²) in [5.74, 6) is 0.399. The number of anilines is 2. The van der Waals surface area contributed by atoms with Gasteiger partial charge in [-0.05, 0) is 55.4 Å². The number of benzene rings is 1. The first-order chi connectivity index (χ1) is 17.3. The van der Waals surface area contributed by atoms with Gasteiger partial charge in [-0.1, -0.05) is 6.07 Å². The topological polar surface area (TPSA) is 94.6 Å². The van der Waals surface area contributed by atoms with E-state index in [-0.39, 0.29) is 34.4 Å². The molecule has 3 aromatic heterocycles. The van der Waals surface area contributed by atoms with E-state index < -0.39 is 18.3 Å². The van der Waals surface area contributed by atoms with E-state index in [2.05, 4.69) is 37.8 Å². The van der Waals surface area contributed by atoms with Crippen LogP contribution in [0, 0.1) is 0 Å². The molecule has 0 saturated heterocycles. The Bertz CT molecular complexity index is 1560. The Morgan fingerprint density at radius 3 is 2.78 bits per heavy atom. The first-order valence-electron chi connectivity index (χ1n) is 12.1. The minimum absolute atomic E-state index is 0.00189. The standard InChI is InChI=1S/C24H23F3N8O/c25-24(26,27)13-34-21(36)17-12-28-22(31-20(17)35(34)19-6-10-33(32-19)16-2-3-16)30-15-1-4-18-14(11-15)5-9-29-23(18)7-8-23/h1,4,6,10-12,16,29H,2-3,5,7-9,13H2,(H,28,30,31).